The highest BCUT2D eigenvalue weighted by atomic mass is 16.1. The Bertz CT molecular complexity index is 423. The van der Waals surface area contributed by atoms with Gasteiger partial charge in [-0.2, -0.15) is 0 Å². The summed E-state index contributed by atoms with van der Waals surface area (Å²) in [7, 11) is 0. The van der Waals surface area contributed by atoms with Gasteiger partial charge in [0, 0.05) is 32.5 Å². The van der Waals surface area contributed by atoms with Gasteiger partial charge in [0.2, 0.25) is 5.91 Å². The minimum Gasteiger partial charge on any atom is -0.357 e. The first-order valence-electron chi connectivity index (χ1n) is 10.4. The van der Waals surface area contributed by atoms with Gasteiger partial charge in [-0.25, -0.2) is 0 Å². The highest BCUT2D eigenvalue weighted by Crippen LogP contribution is 2.29. The molecular weight excluding hydrogens is 298 g/mol. The largest absolute Gasteiger partial charge is 0.357 e. The Labute approximate surface area is 147 Å². The molecule has 0 bridgehead atoms. The minimum absolute atomic E-state index is 0.241. The van der Waals surface area contributed by atoms with Crippen molar-refractivity contribution in [2.45, 2.75) is 77.0 Å². The number of amidine groups is 1. The van der Waals surface area contributed by atoms with Crippen molar-refractivity contribution in [2.75, 3.05) is 26.2 Å². The topological polar surface area (TPSA) is 44.7 Å². The number of hydrogen-bond donors (Lipinski definition) is 1. The molecule has 0 radical (unpaired) electrons. The zero-order valence-corrected chi connectivity index (χ0v) is 15.3. The quantitative estimate of drug-likeness (QED) is 0.698. The molecule has 4 heteroatoms. The number of carbonyl (C=O) groups excluding carboxylic acids is 1. The molecule has 1 heterocycles. The Morgan fingerprint density at radius 2 is 1.71 bits per heavy atom. The number of carbonyl (C=O) groups is 1. The molecule has 136 valence electrons. The van der Waals surface area contributed by atoms with Crippen LogP contribution >= 0.6 is 0 Å². The van der Waals surface area contributed by atoms with Crippen LogP contribution in [0.1, 0.15) is 77.0 Å². The number of aliphatic imine (C=N–C) groups is 1. The van der Waals surface area contributed by atoms with Gasteiger partial charge in [0.15, 0.2) is 0 Å². The first-order chi connectivity index (χ1) is 11.8. The van der Waals surface area contributed by atoms with Crippen molar-refractivity contribution >= 4 is 11.7 Å². The lowest BCUT2D eigenvalue weighted by Gasteiger charge is -2.21. The van der Waals surface area contributed by atoms with Gasteiger partial charge in [-0.3, -0.25) is 9.79 Å². The molecule has 4 nitrogen and oxygen atoms in total. The zero-order chi connectivity index (χ0) is 16.6. The van der Waals surface area contributed by atoms with Crippen LogP contribution in [0.15, 0.2) is 4.99 Å². The van der Waals surface area contributed by atoms with Gasteiger partial charge in [0.1, 0.15) is 0 Å². The van der Waals surface area contributed by atoms with E-state index in [-0.39, 0.29) is 5.91 Å². The molecular formula is C20H35N3O. The van der Waals surface area contributed by atoms with Crippen molar-refractivity contribution in [2.24, 2.45) is 16.8 Å². The highest BCUT2D eigenvalue weighted by molar-refractivity contribution is 5.83. The Morgan fingerprint density at radius 1 is 1.04 bits per heavy atom. The normalized spacial score (nSPS) is 22.3. The molecule has 0 atom stereocenters. The van der Waals surface area contributed by atoms with E-state index in [1.54, 1.807) is 0 Å². The fourth-order valence-electron chi connectivity index (χ4n) is 4.69. The summed E-state index contributed by atoms with van der Waals surface area (Å²) in [5.74, 6) is 3.28. The standard InChI is InChI=1S/C20H35N3O/c24-20(12-10-18-7-3-4-8-18)22-14-16-23-15-13-21-19(23)11-9-17-5-1-2-6-17/h17-18H,1-16H2,(H,22,24). The van der Waals surface area contributed by atoms with Crippen LogP contribution in [0.3, 0.4) is 0 Å². The summed E-state index contributed by atoms with van der Waals surface area (Å²) in [6.07, 6.45) is 15.3. The molecule has 0 unspecified atom stereocenters. The fraction of sp³-hybridized carbons (Fsp3) is 0.900. The van der Waals surface area contributed by atoms with E-state index in [0.29, 0.717) is 6.42 Å². The number of hydrogen-bond acceptors (Lipinski definition) is 3. The van der Waals surface area contributed by atoms with E-state index in [9.17, 15) is 4.79 Å². The number of nitrogens with zero attached hydrogens (tertiary/aromatic N) is 2. The molecule has 0 aromatic carbocycles. The second-order valence-electron chi connectivity index (χ2n) is 8.01. The molecule has 0 saturated heterocycles. The summed E-state index contributed by atoms with van der Waals surface area (Å²) in [4.78, 5) is 19.1. The van der Waals surface area contributed by atoms with E-state index >= 15 is 0 Å². The van der Waals surface area contributed by atoms with E-state index in [1.165, 1.54) is 63.6 Å². The van der Waals surface area contributed by atoms with Gasteiger partial charge in [-0.05, 0) is 24.7 Å². The lowest BCUT2D eigenvalue weighted by atomic mass is 10.0. The first-order valence-corrected chi connectivity index (χ1v) is 10.4. The van der Waals surface area contributed by atoms with Crippen LogP contribution in [-0.2, 0) is 4.79 Å². The van der Waals surface area contributed by atoms with Gasteiger partial charge in [0.05, 0.1) is 12.4 Å². The maximum Gasteiger partial charge on any atom is 0.220 e. The van der Waals surface area contributed by atoms with Crippen LogP contribution in [0, 0.1) is 11.8 Å². The van der Waals surface area contributed by atoms with E-state index in [1.807, 2.05) is 0 Å². The molecule has 1 aliphatic heterocycles. The molecule has 0 aromatic heterocycles. The number of amides is 1. The molecule has 0 aromatic rings. The van der Waals surface area contributed by atoms with Crippen LogP contribution in [0.4, 0.5) is 0 Å². The predicted octanol–water partition coefficient (Wildman–Crippen LogP) is 3.76. The Kier molecular flexibility index (Phi) is 6.98. The van der Waals surface area contributed by atoms with Crippen molar-refractivity contribution in [1.29, 1.82) is 0 Å². The Balaban J connectivity index is 1.27. The average molecular weight is 334 g/mol. The maximum atomic E-state index is 12.0. The summed E-state index contributed by atoms with van der Waals surface area (Å²) in [6.45, 7) is 3.68. The maximum absolute atomic E-state index is 12.0. The van der Waals surface area contributed by atoms with Crippen LogP contribution < -0.4 is 5.32 Å². The first kappa shape index (κ1) is 17.8. The molecule has 0 spiro atoms. The molecule has 24 heavy (non-hydrogen) atoms. The van der Waals surface area contributed by atoms with E-state index in [4.69, 9.17) is 4.99 Å². The molecule has 2 fully saturated rings. The summed E-state index contributed by atoms with van der Waals surface area (Å²) >= 11 is 0. The van der Waals surface area contributed by atoms with Crippen molar-refractivity contribution < 1.29 is 4.79 Å². The second kappa shape index (κ2) is 9.43. The predicted molar refractivity (Wildman–Crippen MR) is 99.3 cm³/mol. The molecule has 3 aliphatic rings. The van der Waals surface area contributed by atoms with Gasteiger partial charge in [0.25, 0.3) is 0 Å². The Hall–Kier alpha value is -1.06. The van der Waals surface area contributed by atoms with Gasteiger partial charge in [-0.15, -0.1) is 0 Å². The van der Waals surface area contributed by atoms with E-state index in [2.05, 4.69) is 10.2 Å². The Morgan fingerprint density at radius 3 is 2.42 bits per heavy atom. The smallest absolute Gasteiger partial charge is 0.220 e. The molecule has 3 rings (SSSR count). The fourth-order valence-corrected chi connectivity index (χ4v) is 4.69. The van der Waals surface area contributed by atoms with E-state index in [0.717, 1.165) is 50.9 Å². The van der Waals surface area contributed by atoms with Crippen LogP contribution in [0.5, 0.6) is 0 Å². The third-order valence-electron chi connectivity index (χ3n) is 6.24. The zero-order valence-electron chi connectivity index (χ0n) is 15.3. The lowest BCUT2D eigenvalue weighted by molar-refractivity contribution is -0.121. The van der Waals surface area contributed by atoms with Gasteiger partial charge >= 0.3 is 0 Å². The third-order valence-corrected chi connectivity index (χ3v) is 6.24. The van der Waals surface area contributed by atoms with Gasteiger partial charge < -0.3 is 10.2 Å². The lowest BCUT2D eigenvalue weighted by Crippen LogP contribution is -2.37. The summed E-state index contributed by atoms with van der Waals surface area (Å²) in [5.41, 5.74) is 0. The molecule has 2 aliphatic carbocycles. The summed E-state index contributed by atoms with van der Waals surface area (Å²) in [5, 5.41) is 3.12. The van der Waals surface area contributed by atoms with Crippen LogP contribution in [0.25, 0.3) is 0 Å². The minimum atomic E-state index is 0.241. The van der Waals surface area contributed by atoms with Crippen molar-refractivity contribution in [3.05, 3.63) is 0 Å². The summed E-state index contributed by atoms with van der Waals surface area (Å²) in [6, 6.07) is 0. The summed E-state index contributed by atoms with van der Waals surface area (Å²) < 4.78 is 0. The molecule has 1 amide bonds. The third kappa shape index (κ3) is 5.49. The second-order valence-corrected chi connectivity index (χ2v) is 8.01. The average Bonchev–Trinajstić information content (AvgIpc) is 3.33. The SMILES string of the molecule is O=C(CCC1CCCC1)NCCN1CCN=C1CCC1CCCC1. The molecule has 1 N–H and O–H groups in total. The van der Waals surface area contributed by atoms with Gasteiger partial charge in [-0.1, -0.05) is 51.4 Å². The monoisotopic (exact) mass is 333 g/mol. The van der Waals surface area contributed by atoms with Crippen molar-refractivity contribution in [3.8, 4) is 0 Å². The van der Waals surface area contributed by atoms with Crippen molar-refractivity contribution in [3.63, 3.8) is 0 Å². The van der Waals surface area contributed by atoms with Crippen LogP contribution in [-0.4, -0.2) is 42.8 Å². The van der Waals surface area contributed by atoms with Crippen molar-refractivity contribution in [1.82, 2.24) is 10.2 Å². The van der Waals surface area contributed by atoms with Crippen LogP contribution in [0.2, 0.25) is 0 Å². The highest BCUT2D eigenvalue weighted by Gasteiger charge is 2.20. The molecule has 2 saturated carbocycles. The number of rotatable bonds is 9. The van der Waals surface area contributed by atoms with E-state index < -0.39 is 0 Å². The number of nitrogens with one attached hydrogen (secondary N) is 1.